The minimum Gasteiger partial charge on any atom is -0.383 e. The molecule has 0 saturated carbocycles. The van der Waals surface area contributed by atoms with E-state index in [1.807, 2.05) is 6.92 Å². The average molecular weight is 424 g/mol. The number of hydrogen-bond donors (Lipinski definition) is 1. The Kier molecular flexibility index (Phi) is 6.88. The summed E-state index contributed by atoms with van der Waals surface area (Å²) in [6.07, 6.45) is 4.49. The van der Waals surface area contributed by atoms with Crippen LogP contribution >= 0.6 is 0 Å². The van der Waals surface area contributed by atoms with E-state index < -0.39 is 0 Å². The van der Waals surface area contributed by atoms with Gasteiger partial charge in [-0.25, -0.2) is 0 Å². The second-order valence-electron chi connectivity index (χ2n) is 8.96. The Morgan fingerprint density at radius 1 is 1.19 bits per heavy atom. The van der Waals surface area contributed by atoms with Crippen molar-refractivity contribution in [3.63, 3.8) is 0 Å². The van der Waals surface area contributed by atoms with Crippen LogP contribution in [-0.4, -0.2) is 66.6 Å². The second-order valence-corrected chi connectivity index (χ2v) is 8.96. The first-order chi connectivity index (χ1) is 15.0. The highest BCUT2D eigenvalue weighted by Crippen LogP contribution is 2.29. The number of likely N-dealkylation sites (tertiary alicyclic amines) is 1. The number of nitrogens with one attached hydrogen (secondary N) is 1. The van der Waals surface area contributed by atoms with E-state index in [-0.39, 0.29) is 17.0 Å². The Hall–Kier alpha value is -2.44. The molecule has 0 unspecified atom stereocenters. The fourth-order valence-corrected chi connectivity index (χ4v) is 5.07. The molecule has 0 bridgehead atoms. The largest absolute Gasteiger partial charge is 0.383 e. The lowest BCUT2D eigenvalue weighted by Crippen LogP contribution is -2.48. The van der Waals surface area contributed by atoms with Crippen LogP contribution in [0.15, 0.2) is 41.2 Å². The third-order valence-corrected chi connectivity index (χ3v) is 6.71. The number of aryl methyl sites for hydroxylation is 1. The van der Waals surface area contributed by atoms with Gasteiger partial charge in [-0.15, -0.1) is 0 Å². The summed E-state index contributed by atoms with van der Waals surface area (Å²) in [5.74, 6) is 0.200. The number of aromatic amines is 1. The average Bonchev–Trinajstić information content (AvgIpc) is 3.21. The molecule has 2 heterocycles. The van der Waals surface area contributed by atoms with Crippen molar-refractivity contribution >= 4 is 5.91 Å². The smallest absolute Gasteiger partial charge is 0.260 e. The van der Waals surface area contributed by atoms with Gasteiger partial charge in [0.15, 0.2) is 0 Å². The van der Waals surface area contributed by atoms with Crippen LogP contribution in [0.5, 0.6) is 0 Å². The van der Waals surface area contributed by atoms with Crippen LogP contribution in [0.2, 0.25) is 0 Å². The summed E-state index contributed by atoms with van der Waals surface area (Å²) in [6.45, 7) is 5.55. The predicted octanol–water partition coefficient (Wildman–Crippen LogP) is 2.65. The molecule has 31 heavy (non-hydrogen) atoms. The Bertz CT molecular complexity index is 945. The van der Waals surface area contributed by atoms with E-state index in [2.05, 4.69) is 34.1 Å². The second kappa shape index (κ2) is 9.79. The number of carbonyl (C=O) groups is 1. The highest BCUT2D eigenvalue weighted by atomic mass is 16.5. The standard InChI is InChI=1S/C25H33N3O3/c1-18-9-10-23(24(29)26-18)25(30)28(12-13-31-2)17-19-6-5-11-27(16-19)22-14-20-7-3-4-8-21(20)15-22/h3-4,7-10,19,22H,5-6,11-17H2,1-2H3,(H,26,29)/t19-/m0/s1. The SMILES string of the molecule is COCCN(C[C@H]1CCCN(C2Cc3ccccc3C2)C1)C(=O)c1ccc(C)[nH]c1=O. The summed E-state index contributed by atoms with van der Waals surface area (Å²) >= 11 is 0. The van der Waals surface area contributed by atoms with Gasteiger partial charge in [-0.05, 0) is 68.3 Å². The minimum absolute atomic E-state index is 0.205. The van der Waals surface area contributed by atoms with Crippen molar-refractivity contribution in [3.05, 3.63) is 69.1 Å². The highest BCUT2D eigenvalue weighted by molar-refractivity contribution is 5.93. The molecule has 1 saturated heterocycles. The van der Waals surface area contributed by atoms with E-state index >= 15 is 0 Å². The van der Waals surface area contributed by atoms with E-state index in [1.54, 1.807) is 24.1 Å². The Balaban J connectivity index is 1.43. The molecular weight excluding hydrogens is 390 g/mol. The number of amides is 1. The van der Waals surface area contributed by atoms with Crippen molar-refractivity contribution in [1.29, 1.82) is 0 Å². The fourth-order valence-electron chi connectivity index (χ4n) is 5.07. The van der Waals surface area contributed by atoms with Crippen molar-refractivity contribution in [2.75, 3.05) is 39.9 Å². The molecule has 1 aromatic carbocycles. The van der Waals surface area contributed by atoms with Crippen LogP contribution < -0.4 is 5.56 Å². The molecule has 1 N–H and O–H groups in total. The zero-order chi connectivity index (χ0) is 21.8. The number of H-pyrrole nitrogens is 1. The lowest BCUT2D eigenvalue weighted by Gasteiger charge is -2.38. The van der Waals surface area contributed by atoms with Crippen LogP contribution in [0, 0.1) is 12.8 Å². The zero-order valence-corrected chi connectivity index (χ0v) is 18.6. The molecule has 166 valence electrons. The number of benzene rings is 1. The van der Waals surface area contributed by atoms with E-state index in [0.29, 0.717) is 31.7 Å². The van der Waals surface area contributed by atoms with Gasteiger partial charge in [0, 0.05) is 38.5 Å². The molecular formula is C25H33N3O3. The molecule has 6 heteroatoms. The molecule has 1 fully saturated rings. The number of pyridine rings is 1. The molecule has 2 aromatic rings. The maximum atomic E-state index is 13.2. The third-order valence-electron chi connectivity index (χ3n) is 6.71. The molecule has 2 aliphatic rings. The fraction of sp³-hybridized carbons (Fsp3) is 0.520. The van der Waals surface area contributed by atoms with Crippen LogP contribution in [0.4, 0.5) is 0 Å². The van der Waals surface area contributed by atoms with Gasteiger partial charge in [0.2, 0.25) is 0 Å². The first-order valence-corrected chi connectivity index (χ1v) is 11.3. The van der Waals surface area contributed by atoms with Crippen LogP contribution in [0.3, 0.4) is 0 Å². The van der Waals surface area contributed by atoms with E-state index in [0.717, 1.165) is 44.5 Å². The molecule has 4 rings (SSSR count). The summed E-state index contributed by atoms with van der Waals surface area (Å²) in [5.41, 5.74) is 3.60. The summed E-state index contributed by atoms with van der Waals surface area (Å²) in [6, 6.07) is 12.7. The summed E-state index contributed by atoms with van der Waals surface area (Å²) in [5, 5.41) is 0. The van der Waals surface area contributed by atoms with Gasteiger partial charge in [0.25, 0.3) is 11.5 Å². The summed E-state index contributed by atoms with van der Waals surface area (Å²) in [4.78, 5) is 32.7. The van der Waals surface area contributed by atoms with Crippen LogP contribution in [0.1, 0.15) is 40.0 Å². The van der Waals surface area contributed by atoms with Crippen molar-refractivity contribution in [3.8, 4) is 0 Å². The quantitative estimate of drug-likeness (QED) is 0.744. The number of fused-ring (bicyclic) bond motifs is 1. The Labute approximate surface area is 184 Å². The van der Waals surface area contributed by atoms with Crippen LogP contribution in [0.25, 0.3) is 0 Å². The first-order valence-electron chi connectivity index (χ1n) is 11.3. The molecule has 1 amide bonds. The van der Waals surface area contributed by atoms with Crippen molar-refractivity contribution in [2.24, 2.45) is 5.92 Å². The number of ether oxygens (including phenoxy) is 1. The normalized spacial score (nSPS) is 19.4. The molecule has 0 spiro atoms. The van der Waals surface area contributed by atoms with Gasteiger partial charge in [0.1, 0.15) is 5.56 Å². The number of carbonyl (C=O) groups excluding carboxylic acids is 1. The molecule has 1 aliphatic carbocycles. The van der Waals surface area contributed by atoms with Crippen molar-refractivity contribution in [2.45, 2.75) is 38.6 Å². The number of hydrogen-bond acceptors (Lipinski definition) is 4. The highest BCUT2D eigenvalue weighted by Gasteiger charge is 2.32. The summed E-state index contributed by atoms with van der Waals surface area (Å²) < 4.78 is 5.24. The first kappa shape index (κ1) is 21.8. The third kappa shape index (κ3) is 5.08. The zero-order valence-electron chi connectivity index (χ0n) is 18.6. The Morgan fingerprint density at radius 2 is 1.94 bits per heavy atom. The number of rotatable bonds is 7. The van der Waals surface area contributed by atoms with Gasteiger partial charge in [-0.2, -0.15) is 0 Å². The molecule has 6 nitrogen and oxygen atoms in total. The van der Waals surface area contributed by atoms with Crippen LogP contribution in [-0.2, 0) is 17.6 Å². The molecule has 1 atom stereocenters. The van der Waals surface area contributed by atoms with Gasteiger partial charge in [-0.3, -0.25) is 14.5 Å². The lowest BCUT2D eigenvalue weighted by atomic mass is 9.95. The van der Waals surface area contributed by atoms with Gasteiger partial charge in [-0.1, -0.05) is 24.3 Å². The molecule has 1 aromatic heterocycles. The van der Waals surface area contributed by atoms with E-state index in [1.165, 1.54) is 11.1 Å². The predicted molar refractivity (Wildman–Crippen MR) is 122 cm³/mol. The van der Waals surface area contributed by atoms with E-state index in [4.69, 9.17) is 4.74 Å². The van der Waals surface area contributed by atoms with Crippen molar-refractivity contribution < 1.29 is 9.53 Å². The summed E-state index contributed by atoms with van der Waals surface area (Å²) in [7, 11) is 1.64. The number of piperidine rings is 1. The van der Waals surface area contributed by atoms with Gasteiger partial charge < -0.3 is 14.6 Å². The molecule has 0 radical (unpaired) electrons. The maximum absolute atomic E-state index is 13.2. The number of nitrogens with zero attached hydrogens (tertiary/aromatic N) is 2. The van der Waals surface area contributed by atoms with Gasteiger partial charge in [0.05, 0.1) is 6.61 Å². The van der Waals surface area contributed by atoms with E-state index in [9.17, 15) is 9.59 Å². The maximum Gasteiger partial charge on any atom is 0.260 e. The number of aromatic nitrogens is 1. The van der Waals surface area contributed by atoms with Crippen molar-refractivity contribution in [1.82, 2.24) is 14.8 Å². The minimum atomic E-state index is -0.318. The number of methoxy groups -OCH3 is 1. The van der Waals surface area contributed by atoms with Gasteiger partial charge >= 0.3 is 0 Å². The topological polar surface area (TPSA) is 65.6 Å². The monoisotopic (exact) mass is 423 g/mol. The Morgan fingerprint density at radius 3 is 2.61 bits per heavy atom. The lowest BCUT2D eigenvalue weighted by molar-refractivity contribution is 0.0572. The molecule has 1 aliphatic heterocycles.